The van der Waals surface area contributed by atoms with Gasteiger partial charge in [0.15, 0.2) is 0 Å². The van der Waals surface area contributed by atoms with Crippen LogP contribution in [0.5, 0.6) is 0 Å². The number of rotatable bonds is 10. The monoisotopic (exact) mass is 611 g/mol. The fourth-order valence-corrected chi connectivity index (χ4v) is 5.26. The molecule has 0 bridgehead atoms. The first kappa shape index (κ1) is 32.3. The lowest BCUT2D eigenvalue weighted by molar-refractivity contribution is -0.143. The number of para-hydroxylation sites is 1. The van der Waals surface area contributed by atoms with Crippen LogP contribution in [0.2, 0.25) is 0 Å². The van der Waals surface area contributed by atoms with Gasteiger partial charge in [-0.15, -0.1) is 0 Å². The lowest BCUT2D eigenvalue weighted by atomic mass is 9.98. The van der Waals surface area contributed by atoms with Crippen LogP contribution in [0, 0.1) is 0 Å². The predicted octanol–water partition coefficient (Wildman–Crippen LogP) is 5.92. The standard InChI is InChI=1S/C30H35F6N5O2/c1-20(38-43-12-6-9-39(2)3)18-40-10-11-41(25(19-40)15-22-17-37-27-8-5-4-7-26(22)27)28(42)21-13-23(29(31,32)33)16-24(14-21)30(34,35)36/h4-5,7-8,13-14,16-17,25,37H,6,9-12,15,18-19H2,1-3H3/b38-20+/t25-/m1/s1. The van der Waals surface area contributed by atoms with Gasteiger partial charge in [-0.3, -0.25) is 9.69 Å². The van der Waals surface area contributed by atoms with Gasteiger partial charge in [-0.1, -0.05) is 23.4 Å². The smallest absolute Gasteiger partial charge is 0.396 e. The summed E-state index contributed by atoms with van der Waals surface area (Å²) < 4.78 is 81.2. The molecule has 1 saturated heterocycles. The number of oxime groups is 1. The van der Waals surface area contributed by atoms with Gasteiger partial charge >= 0.3 is 12.4 Å². The average molecular weight is 612 g/mol. The van der Waals surface area contributed by atoms with E-state index >= 15 is 0 Å². The maximum atomic E-state index is 13.7. The van der Waals surface area contributed by atoms with Crippen LogP contribution in [0.3, 0.4) is 0 Å². The number of nitrogens with zero attached hydrogens (tertiary/aromatic N) is 4. The molecule has 1 aliphatic heterocycles. The molecule has 4 rings (SSSR count). The summed E-state index contributed by atoms with van der Waals surface area (Å²) in [6, 6.07) is 8.05. The van der Waals surface area contributed by atoms with Crippen molar-refractivity contribution in [2.45, 2.75) is 38.2 Å². The molecule has 0 aliphatic carbocycles. The van der Waals surface area contributed by atoms with Crippen molar-refractivity contribution >= 4 is 22.5 Å². The average Bonchev–Trinajstić information content (AvgIpc) is 3.34. The van der Waals surface area contributed by atoms with E-state index in [1.54, 1.807) is 0 Å². The van der Waals surface area contributed by atoms with Crippen LogP contribution in [0.25, 0.3) is 10.9 Å². The summed E-state index contributed by atoms with van der Waals surface area (Å²) in [4.78, 5) is 27.7. The Morgan fingerprint density at radius 1 is 1.05 bits per heavy atom. The van der Waals surface area contributed by atoms with Gasteiger partial charge < -0.3 is 19.6 Å². The number of fused-ring (bicyclic) bond motifs is 1. The minimum atomic E-state index is -5.05. The van der Waals surface area contributed by atoms with Crippen LogP contribution in [0.15, 0.2) is 53.8 Å². The number of H-pyrrole nitrogens is 1. The SMILES string of the molecule is C/C(CN1CCN(C(=O)c2cc(C(F)(F)F)cc(C(F)(F)F)c2)[C@H](Cc2c[nH]c3ccccc23)C1)=N\OCCCN(C)C. The Labute approximate surface area is 246 Å². The maximum Gasteiger partial charge on any atom is 0.416 e. The third-order valence-electron chi connectivity index (χ3n) is 7.31. The molecule has 3 aromatic rings. The van der Waals surface area contributed by atoms with Crippen molar-refractivity contribution in [3.05, 3.63) is 70.9 Å². The molecule has 1 N–H and O–H groups in total. The minimum Gasteiger partial charge on any atom is -0.396 e. The van der Waals surface area contributed by atoms with E-state index in [1.165, 1.54) is 4.90 Å². The number of nitrogens with one attached hydrogen (secondary N) is 1. The lowest BCUT2D eigenvalue weighted by Crippen LogP contribution is -2.56. The van der Waals surface area contributed by atoms with E-state index < -0.39 is 41.0 Å². The number of aromatic amines is 1. The molecule has 0 unspecified atom stereocenters. The van der Waals surface area contributed by atoms with Crippen LogP contribution in [0.4, 0.5) is 26.3 Å². The number of alkyl halides is 6. The van der Waals surface area contributed by atoms with E-state index in [-0.39, 0.29) is 12.6 Å². The summed E-state index contributed by atoms with van der Waals surface area (Å²) in [6.45, 7) is 4.37. The lowest BCUT2D eigenvalue weighted by Gasteiger charge is -2.41. The van der Waals surface area contributed by atoms with Gasteiger partial charge in [0.2, 0.25) is 0 Å². The quantitative estimate of drug-likeness (QED) is 0.134. The molecule has 1 atom stereocenters. The summed E-state index contributed by atoms with van der Waals surface area (Å²) in [6.07, 6.45) is -7.14. The van der Waals surface area contributed by atoms with E-state index in [2.05, 4.69) is 15.0 Å². The van der Waals surface area contributed by atoms with Crippen LogP contribution in [-0.2, 0) is 23.6 Å². The Morgan fingerprint density at radius 3 is 2.37 bits per heavy atom. The zero-order valence-corrected chi connectivity index (χ0v) is 24.2. The number of hydrogen-bond donors (Lipinski definition) is 1. The summed E-state index contributed by atoms with van der Waals surface area (Å²) in [5.74, 6) is -0.879. The molecule has 7 nitrogen and oxygen atoms in total. The van der Waals surface area contributed by atoms with Gasteiger partial charge in [-0.05, 0) is 63.7 Å². The highest BCUT2D eigenvalue weighted by atomic mass is 19.4. The third kappa shape index (κ3) is 8.50. The van der Waals surface area contributed by atoms with Crippen molar-refractivity contribution in [3.63, 3.8) is 0 Å². The molecular weight excluding hydrogens is 576 g/mol. The van der Waals surface area contributed by atoms with Gasteiger partial charge in [0.05, 0.1) is 16.8 Å². The van der Waals surface area contributed by atoms with Crippen molar-refractivity contribution in [3.8, 4) is 0 Å². The van der Waals surface area contributed by atoms with E-state index in [4.69, 9.17) is 4.84 Å². The van der Waals surface area contributed by atoms with E-state index in [9.17, 15) is 31.1 Å². The number of benzene rings is 2. The van der Waals surface area contributed by atoms with Crippen LogP contribution in [0.1, 0.15) is 40.4 Å². The Bertz CT molecular complexity index is 1400. The van der Waals surface area contributed by atoms with Crippen molar-refractivity contribution in [2.75, 3.05) is 53.4 Å². The van der Waals surface area contributed by atoms with E-state index in [0.29, 0.717) is 50.5 Å². The van der Waals surface area contributed by atoms with E-state index in [0.717, 1.165) is 29.4 Å². The molecule has 1 amide bonds. The van der Waals surface area contributed by atoms with Gasteiger partial charge in [0.25, 0.3) is 5.91 Å². The maximum absolute atomic E-state index is 13.7. The summed E-state index contributed by atoms with van der Waals surface area (Å²) in [7, 11) is 3.93. The largest absolute Gasteiger partial charge is 0.416 e. The van der Waals surface area contributed by atoms with Gasteiger partial charge in [0, 0.05) is 61.4 Å². The first-order chi connectivity index (χ1) is 20.2. The Hall–Kier alpha value is -3.58. The van der Waals surface area contributed by atoms with E-state index in [1.807, 2.05) is 56.4 Å². The number of halogens is 6. The Morgan fingerprint density at radius 2 is 1.72 bits per heavy atom. The molecule has 234 valence electrons. The highest BCUT2D eigenvalue weighted by molar-refractivity contribution is 5.95. The normalized spacial score (nSPS) is 17.2. The fraction of sp³-hybridized carbons (Fsp3) is 0.467. The van der Waals surface area contributed by atoms with Gasteiger partial charge in [-0.25, -0.2) is 0 Å². The highest BCUT2D eigenvalue weighted by Gasteiger charge is 2.39. The topological polar surface area (TPSA) is 64.2 Å². The molecule has 0 saturated carbocycles. The molecule has 0 spiro atoms. The van der Waals surface area contributed by atoms with Crippen molar-refractivity contribution < 1.29 is 36.0 Å². The number of aromatic nitrogens is 1. The summed E-state index contributed by atoms with van der Waals surface area (Å²) >= 11 is 0. The molecular formula is C30H35F6N5O2. The van der Waals surface area contributed by atoms with Crippen molar-refractivity contribution in [2.24, 2.45) is 5.16 Å². The molecule has 1 aromatic heterocycles. The highest BCUT2D eigenvalue weighted by Crippen LogP contribution is 2.37. The minimum absolute atomic E-state index is 0.0306. The molecule has 2 heterocycles. The number of hydrogen-bond acceptors (Lipinski definition) is 5. The predicted molar refractivity (Wildman–Crippen MR) is 152 cm³/mol. The molecule has 1 aliphatic rings. The molecule has 0 radical (unpaired) electrons. The summed E-state index contributed by atoms with van der Waals surface area (Å²) in [5.41, 5.74) is -1.21. The van der Waals surface area contributed by atoms with Gasteiger partial charge in [-0.2, -0.15) is 26.3 Å². The molecule has 2 aromatic carbocycles. The molecule has 43 heavy (non-hydrogen) atoms. The zero-order chi connectivity index (χ0) is 31.4. The number of carbonyl (C=O) groups is 1. The van der Waals surface area contributed by atoms with Gasteiger partial charge in [0.1, 0.15) is 6.61 Å². The Kier molecular flexibility index (Phi) is 10.1. The second-order valence-electron chi connectivity index (χ2n) is 11.1. The van der Waals surface area contributed by atoms with Crippen LogP contribution >= 0.6 is 0 Å². The second kappa shape index (κ2) is 13.4. The fourth-order valence-electron chi connectivity index (χ4n) is 5.26. The van der Waals surface area contributed by atoms with Crippen LogP contribution < -0.4 is 0 Å². The second-order valence-corrected chi connectivity index (χ2v) is 11.1. The molecule has 13 heteroatoms. The first-order valence-electron chi connectivity index (χ1n) is 13.9. The zero-order valence-electron chi connectivity index (χ0n) is 24.2. The molecule has 1 fully saturated rings. The number of amides is 1. The van der Waals surface area contributed by atoms with Crippen molar-refractivity contribution in [1.82, 2.24) is 19.7 Å². The summed E-state index contributed by atoms with van der Waals surface area (Å²) in [5, 5.41) is 5.11. The van der Waals surface area contributed by atoms with Crippen molar-refractivity contribution in [1.29, 1.82) is 0 Å². The first-order valence-corrected chi connectivity index (χ1v) is 13.9. The third-order valence-corrected chi connectivity index (χ3v) is 7.31. The number of piperazine rings is 1. The Balaban J connectivity index is 1.59. The van der Waals surface area contributed by atoms with Crippen LogP contribution in [-0.4, -0.2) is 90.8 Å². The number of carbonyl (C=O) groups excluding carboxylic acids is 1.